The largest absolute Gasteiger partial charge is 0.456 e. The molecule has 592 valence electrons. The molecule has 28 aromatic rings. The summed E-state index contributed by atoms with van der Waals surface area (Å²) in [7, 11) is 0. The highest BCUT2D eigenvalue weighted by Gasteiger charge is 2.26. The predicted octanol–water partition coefficient (Wildman–Crippen LogP) is 29.1. The number of rotatable bonds is 9. The predicted molar refractivity (Wildman–Crippen MR) is 520 cm³/mol. The number of furan rings is 2. The summed E-state index contributed by atoms with van der Waals surface area (Å²) in [5.41, 5.74) is 30.3. The SMILES string of the molecule is c1ccc(-c2cccc(-n3nc4ccc(-c5cc(-c6cccc7oc8ccccc8c67)cc6ccccc56)cc4n3)c2)cc1.c1ccc(-n2nc3ccc(-n4c5cccc6c7ccccc7n7c8ccccc8c8ccc4c(c65)c87)cc3n2)cc1.c1ccc2cc(-n3nc4ccc(-c5cccc6c(-c7cccc8oc9ccccc9c78)cccc56)cc4n3)ccc2c1. The average Bonchev–Trinajstić information content (AvgIpc) is 1.52. The van der Waals surface area contributed by atoms with Gasteiger partial charge < -0.3 is 17.8 Å². The minimum Gasteiger partial charge on any atom is -0.456 e. The number of para-hydroxylation sites is 5. The smallest absolute Gasteiger partial charge is 0.136 e. The summed E-state index contributed by atoms with van der Waals surface area (Å²) in [6, 6.07) is 147. The Morgan fingerprint density at radius 3 is 1.35 bits per heavy atom. The third kappa shape index (κ3) is 11.6. The van der Waals surface area contributed by atoms with Gasteiger partial charge in [0.2, 0.25) is 0 Å². The molecule has 8 aromatic heterocycles. The molecule has 8 heterocycles. The topological polar surface area (TPSA) is 128 Å². The second kappa shape index (κ2) is 28.6. The maximum absolute atomic E-state index is 6.22. The first-order valence-electron chi connectivity index (χ1n) is 42.7. The van der Waals surface area contributed by atoms with Gasteiger partial charge in [0.15, 0.2) is 0 Å². The van der Waals surface area contributed by atoms with Gasteiger partial charge >= 0.3 is 0 Å². The summed E-state index contributed by atoms with van der Waals surface area (Å²) in [5.74, 6) is 0. The van der Waals surface area contributed by atoms with Crippen LogP contribution in [0.4, 0.5) is 0 Å². The number of hydrogen-bond acceptors (Lipinski definition) is 8. The standard InChI is InChI=1S/C40H25N3O.C38H23N3O.C36H21N5/c1-2-10-26(11-3-1)27-13-8-14-31(23-27)43-41-36-21-20-29(25-37(36)42-43)35-24-30(22-28-12-4-5-15-32(28)35)33-17-9-19-39-40(33)34-16-6-7-18-38(34)44-39;1-2-9-25-22-27(20-18-24(25)8-1)41-39-34-21-19-26(23-35(34)40-41)28-11-5-13-30-29(28)12-6-14-31(30)32-15-7-17-37-38(32)33-10-3-4-16-36(33)42-37;1-2-9-22(10-3-1)41-37-28-19-17-23(21-29(28)38-41)39-32-16-8-13-26-24-11-4-6-14-30(24)40-31-15-7-5-12-25(31)27-18-20-33(39)35(34(26)32)36(27)40/h1-25H;1-23H;1-21H. The van der Waals surface area contributed by atoms with Crippen LogP contribution in [0.5, 0.6) is 0 Å². The third-order valence-corrected chi connectivity index (χ3v) is 25.4. The molecule has 28 rings (SSSR count). The normalized spacial score (nSPS) is 11.9. The molecule has 0 radical (unpaired) electrons. The average molecular weight is 1620 g/mol. The van der Waals surface area contributed by atoms with Gasteiger partial charge in [-0.05, 0) is 233 Å². The molecule has 0 spiro atoms. The van der Waals surface area contributed by atoms with Crippen molar-refractivity contribution in [3.8, 4) is 78.4 Å². The molecule has 0 N–H and O–H groups in total. The zero-order valence-electron chi connectivity index (χ0n) is 68.1. The van der Waals surface area contributed by atoms with Crippen molar-refractivity contribution in [2.24, 2.45) is 0 Å². The van der Waals surface area contributed by atoms with E-state index < -0.39 is 0 Å². The van der Waals surface area contributed by atoms with Gasteiger partial charge in [0.05, 0.1) is 44.6 Å². The van der Waals surface area contributed by atoms with Crippen LogP contribution in [0.25, 0.3) is 248 Å². The van der Waals surface area contributed by atoms with Crippen LogP contribution in [0.1, 0.15) is 0 Å². The lowest BCUT2D eigenvalue weighted by Crippen LogP contribution is -1.98. The summed E-state index contributed by atoms with van der Waals surface area (Å²) in [5, 5.41) is 48.4. The second-order valence-electron chi connectivity index (χ2n) is 32.6. The lowest BCUT2D eigenvalue weighted by atomic mass is 9.91. The number of hydrogen-bond donors (Lipinski definition) is 0. The highest BCUT2D eigenvalue weighted by atomic mass is 16.3. The molecule has 0 saturated carbocycles. The van der Waals surface area contributed by atoms with Crippen LogP contribution >= 0.6 is 0 Å². The fourth-order valence-electron chi connectivity index (χ4n) is 19.6. The maximum Gasteiger partial charge on any atom is 0.136 e. The van der Waals surface area contributed by atoms with Gasteiger partial charge in [-0.3, -0.25) is 0 Å². The lowest BCUT2D eigenvalue weighted by Gasteiger charge is -2.12. The van der Waals surface area contributed by atoms with Crippen molar-refractivity contribution in [2.75, 3.05) is 0 Å². The summed E-state index contributed by atoms with van der Waals surface area (Å²) < 4.78 is 17.3. The number of aromatic nitrogens is 11. The van der Waals surface area contributed by atoms with E-state index in [9.17, 15) is 0 Å². The first kappa shape index (κ1) is 71.3. The van der Waals surface area contributed by atoms with Gasteiger partial charge in [-0.2, -0.15) is 14.4 Å². The summed E-state index contributed by atoms with van der Waals surface area (Å²) >= 11 is 0. The van der Waals surface area contributed by atoms with Crippen LogP contribution in [-0.4, -0.2) is 53.9 Å². The lowest BCUT2D eigenvalue weighted by molar-refractivity contribution is 0.668. The van der Waals surface area contributed by atoms with E-state index in [1.54, 1.807) is 14.4 Å². The molecule has 0 amide bonds. The molecule has 127 heavy (non-hydrogen) atoms. The first-order valence-corrected chi connectivity index (χ1v) is 42.7. The molecule has 0 atom stereocenters. The molecule has 0 aliphatic rings. The van der Waals surface area contributed by atoms with E-state index in [1.165, 1.54) is 114 Å². The van der Waals surface area contributed by atoms with Crippen LogP contribution in [0.3, 0.4) is 0 Å². The van der Waals surface area contributed by atoms with E-state index in [0.717, 1.165) is 133 Å². The summed E-state index contributed by atoms with van der Waals surface area (Å²) in [6.45, 7) is 0. The zero-order valence-corrected chi connectivity index (χ0v) is 68.1. The fourth-order valence-corrected chi connectivity index (χ4v) is 19.6. The Balaban J connectivity index is 0.000000101. The number of benzene rings is 20. The second-order valence-corrected chi connectivity index (χ2v) is 32.6. The third-order valence-electron chi connectivity index (χ3n) is 25.4. The quantitative estimate of drug-likeness (QED) is 0.140. The summed E-state index contributed by atoms with van der Waals surface area (Å²) in [6.07, 6.45) is 0. The van der Waals surface area contributed by atoms with Crippen molar-refractivity contribution >= 4 is 169 Å². The van der Waals surface area contributed by atoms with Gasteiger partial charge in [0.25, 0.3) is 0 Å². The van der Waals surface area contributed by atoms with Gasteiger partial charge in [0.1, 0.15) is 55.4 Å². The van der Waals surface area contributed by atoms with Gasteiger partial charge in [-0.25, -0.2) is 0 Å². The molecule has 0 bridgehead atoms. The molecule has 0 saturated heterocycles. The highest BCUT2D eigenvalue weighted by Crippen LogP contribution is 2.48. The monoisotopic (exact) mass is 1620 g/mol. The van der Waals surface area contributed by atoms with Gasteiger partial charge in [0, 0.05) is 54.2 Å². The van der Waals surface area contributed by atoms with E-state index in [2.05, 4.69) is 355 Å². The molecule has 0 aliphatic carbocycles. The molecular formula is C114H69N11O2. The van der Waals surface area contributed by atoms with Crippen molar-refractivity contribution in [3.63, 3.8) is 0 Å². The maximum atomic E-state index is 6.22. The Morgan fingerprint density at radius 1 is 0.181 bits per heavy atom. The fraction of sp³-hybridized carbons (Fsp3) is 0. The van der Waals surface area contributed by atoms with Crippen LogP contribution in [-0.2, 0) is 0 Å². The molecule has 0 unspecified atom stereocenters. The van der Waals surface area contributed by atoms with E-state index in [4.69, 9.17) is 39.4 Å². The Bertz CT molecular complexity index is 9330. The Hall–Kier alpha value is -17.4. The Kier molecular flexibility index (Phi) is 16.1. The Labute approximate surface area is 724 Å². The van der Waals surface area contributed by atoms with Gasteiger partial charge in [-0.15, -0.1) is 30.6 Å². The minimum atomic E-state index is 0.852. The van der Waals surface area contributed by atoms with Crippen LogP contribution < -0.4 is 0 Å². The van der Waals surface area contributed by atoms with E-state index in [1.807, 2.05) is 72.8 Å². The zero-order chi connectivity index (χ0) is 83.3. The molecular weight excluding hydrogens is 1560 g/mol. The van der Waals surface area contributed by atoms with E-state index in [-0.39, 0.29) is 0 Å². The summed E-state index contributed by atoms with van der Waals surface area (Å²) in [4.78, 5) is 5.19. The molecule has 0 fully saturated rings. The van der Waals surface area contributed by atoms with E-state index >= 15 is 0 Å². The molecule has 0 aliphatic heterocycles. The molecule has 13 nitrogen and oxygen atoms in total. The Morgan fingerprint density at radius 2 is 0.638 bits per heavy atom. The van der Waals surface area contributed by atoms with Crippen molar-refractivity contribution in [3.05, 3.63) is 419 Å². The number of nitrogens with zero attached hydrogens (tertiary/aromatic N) is 11. The highest BCUT2D eigenvalue weighted by molar-refractivity contribution is 6.33. The molecule has 13 heteroatoms. The first-order chi connectivity index (χ1) is 62.9. The van der Waals surface area contributed by atoms with Crippen LogP contribution in [0, 0.1) is 0 Å². The van der Waals surface area contributed by atoms with Gasteiger partial charge in [-0.1, -0.05) is 279 Å². The van der Waals surface area contributed by atoms with Crippen molar-refractivity contribution in [1.82, 2.24) is 53.9 Å². The van der Waals surface area contributed by atoms with Crippen molar-refractivity contribution in [1.29, 1.82) is 0 Å². The van der Waals surface area contributed by atoms with Crippen molar-refractivity contribution in [2.45, 2.75) is 0 Å². The number of fused-ring (bicyclic) bond motifs is 18. The van der Waals surface area contributed by atoms with Crippen LogP contribution in [0.15, 0.2) is 427 Å². The van der Waals surface area contributed by atoms with E-state index in [0.29, 0.717) is 0 Å². The van der Waals surface area contributed by atoms with Crippen molar-refractivity contribution < 1.29 is 8.83 Å². The molecule has 20 aromatic carbocycles. The van der Waals surface area contributed by atoms with Crippen LogP contribution in [0.2, 0.25) is 0 Å². The minimum absolute atomic E-state index is 0.852.